The smallest absolute Gasteiger partial charge is 0.312 e. The highest BCUT2D eigenvalue weighted by molar-refractivity contribution is 5.90. The first-order chi connectivity index (χ1) is 16.9. The van der Waals surface area contributed by atoms with E-state index < -0.39 is 18.4 Å². The molecule has 1 aliphatic heterocycles. The number of carbonyl (C=O) groups is 1. The fourth-order valence-electron chi connectivity index (χ4n) is 4.55. The summed E-state index contributed by atoms with van der Waals surface area (Å²) in [5, 5.41) is 16.7. The molecular weight excluding hydrogens is 460 g/mol. The molecule has 1 N–H and O–H groups in total. The van der Waals surface area contributed by atoms with Crippen molar-refractivity contribution in [1.29, 1.82) is 0 Å². The first kappa shape index (κ1) is 21.1. The minimum absolute atomic E-state index is 0.143. The molecule has 178 valence electrons. The maximum Gasteiger partial charge on any atom is 0.312 e. The third-order valence-electron chi connectivity index (χ3n) is 6.19. The Bertz CT molecular complexity index is 1540. The van der Waals surface area contributed by atoms with Crippen LogP contribution in [0, 0.1) is 6.92 Å². The highest BCUT2D eigenvalue weighted by Gasteiger charge is 2.38. The van der Waals surface area contributed by atoms with E-state index in [1.165, 1.54) is 21.5 Å². The van der Waals surface area contributed by atoms with Crippen LogP contribution in [0.15, 0.2) is 41.3 Å². The molecule has 35 heavy (non-hydrogen) atoms. The van der Waals surface area contributed by atoms with Crippen molar-refractivity contribution in [3.8, 4) is 11.6 Å². The number of amides is 1. The first-order valence-electron chi connectivity index (χ1n) is 10.8. The van der Waals surface area contributed by atoms with Crippen LogP contribution < -0.4 is 0 Å². The van der Waals surface area contributed by atoms with Crippen LogP contribution in [0.3, 0.4) is 0 Å². The fourth-order valence-corrected chi connectivity index (χ4v) is 4.55. The lowest BCUT2D eigenvalue weighted by atomic mass is 9.99. The van der Waals surface area contributed by atoms with Crippen LogP contribution in [0.25, 0.3) is 17.1 Å². The van der Waals surface area contributed by atoms with Crippen LogP contribution in [0.1, 0.15) is 51.4 Å². The van der Waals surface area contributed by atoms with E-state index in [-0.39, 0.29) is 22.9 Å². The molecule has 0 radical (unpaired) electrons. The number of aromatic amines is 1. The van der Waals surface area contributed by atoms with Gasteiger partial charge in [0.2, 0.25) is 0 Å². The van der Waals surface area contributed by atoms with Gasteiger partial charge in [-0.05, 0) is 30.7 Å². The fraction of sp³-hybridized carbons (Fsp3) is 0.273. The molecule has 1 aliphatic rings. The number of alkyl halides is 2. The van der Waals surface area contributed by atoms with Crippen molar-refractivity contribution in [2.24, 2.45) is 7.05 Å². The number of aromatic nitrogens is 8. The number of carbonyl (C=O) groups excluding carboxylic acids is 1. The summed E-state index contributed by atoms with van der Waals surface area (Å²) in [4.78, 5) is 22.6. The Morgan fingerprint density at radius 1 is 1.31 bits per heavy atom. The Labute approximate surface area is 196 Å². The normalized spacial score (nSPS) is 15.8. The summed E-state index contributed by atoms with van der Waals surface area (Å²) >= 11 is 0. The summed E-state index contributed by atoms with van der Waals surface area (Å²) in [7, 11) is 1.74. The van der Waals surface area contributed by atoms with Crippen molar-refractivity contribution >= 4 is 11.4 Å². The van der Waals surface area contributed by atoms with E-state index in [1.54, 1.807) is 36.5 Å². The Morgan fingerprint density at radius 3 is 2.94 bits per heavy atom. The van der Waals surface area contributed by atoms with Crippen LogP contribution in [-0.2, 0) is 13.5 Å². The van der Waals surface area contributed by atoms with E-state index in [4.69, 9.17) is 4.42 Å². The number of nitrogens with zero attached hydrogens (tertiary/aromatic N) is 8. The Hall–Kier alpha value is -4.42. The summed E-state index contributed by atoms with van der Waals surface area (Å²) in [5.41, 5.74) is 3.40. The second-order valence-corrected chi connectivity index (χ2v) is 8.29. The second kappa shape index (κ2) is 7.82. The third kappa shape index (κ3) is 3.30. The molecule has 6 heterocycles. The van der Waals surface area contributed by atoms with E-state index >= 15 is 0 Å². The standard InChI is InChI=1S/C22H19F2N9O2/c1-11-9-27-31(2)17(11)20-28-29-21(35-20)22(34)32-7-5-13-16(26-10-25-13)18(32)14-8-15-12(19(23)24)4-3-6-33(15)30-14/h3-4,6,8-10,18-19H,5,7H2,1-2H3,(H,25,26)/t18-/m0/s1. The topological polar surface area (TPSA) is 123 Å². The molecule has 1 amide bonds. The zero-order valence-corrected chi connectivity index (χ0v) is 18.7. The maximum atomic E-state index is 13.6. The predicted molar refractivity (Wildman–Crippen MR) is 117 cm³/mol. The Kier molecular flexibility index (Phi) is 4.72. The summed E-state index contributed by atoms with van der Waals surface area (Å²) < 4.78 is 35.9. The highest BCUT2D eigenvalue weighted by Crippen LogP contribution is 2.35. The molecule has 1 atom stereocenters. The molecule has 0 saturated carbocycles. The van der Waals surface area contributed by atoms with Crippen LogP contribution in [-0.4, -0.2) is 56.9 Å². The minimum atomic E-state index is -2.67. The monoisotopic (exact) mass is 479 g/mol. The number of aryl methyl sites for hydroxylation is 2. The van der Waals surface area contributed by atoms with Crippen molar-refractivity contribution < 1.29 is 18.0 Å². The van der Waals surface area contributed by atoms with Crippen molar-refractivity contribution in [3.63, 3.8) is 0 Å². The van der Waals surface area contributed by atoms with Crippen LogP contribution >= 0.6 is 0 Å². The number of nitrogens with one attached hydrogen (secondary N) is 1. The van der Waals surface area contributed by atoms with Crippen LogP contribution in [0.4, 0.5) is 8.78 Å². The number of hydrogen-bond donors (Lipinski definition) is 1. The van der Waals surface area contributed by atoms with Gasteiger partial charge in [-0.1, -0.05) is 0 Å². The summed E-state index contributed by atoms with van der Waals surface area (Å²) in [6.45, 7) is 2.17. The minimum Gasteiger partial charge on any atom is -0.411 e. The molecule has 5 aromatic heterocycles. The lowest BCUT2D eigenvalue weighted by Gasteiger charge is -2.32. The number of fused-ring (bicyclic) bond motifs is 2. The van der Waals surface area contributed by atoms with Gasteiger partial charge in [0.25, 0.3) is 12.3 Å². The van der Waals surface area contributed by atoms with Gasteiger partial charge in [0.05, 0.1) is 29.4 Å². The van der Waals surface area contributed by atoms with Gasteiger partial charge in [-0.15, -0.1) is 10.2 Å². The van der Waals surface area contributed by atoms with Gasteiger partial charge in [0.15, 0.2) is 0 Å². The number of rotatable bonds is 4. The van der Waals surface area contributed by atoms with Crippen LogP contribution in [0.5, 0.6) is 0 Å². The molecule has 5 aromatic rings. The quantitative estimate of drug-likeness (QED) is 0.420. The van der Waals surface area contributed by atoms with Gasteiger partial charge in [0, 0.05) is 37.5 Å². The molecule has 0 bridgehead atoms. The molecule has 0 saturated heterocycles. The van der Waals surface area contributed by atoms with Gasteiger partial charge in [-0.25, -0.2) is 18.3 Å². The van der Waals surface area contributed by atoms with E-state index in [9.17, 15) is 13.6 Å². The zero-order chi connectivity index (χ0) is 24.3. The largest absolute Gasteiger partial charge is 0.411 e. The van der Waals surface area contributed by atoms with E-state index in [0.29, 0.717) is 30.0 Å². The SMILES string of the molecule is Cc1cnn(C)c1-c1nnc(C(=O)N2CCc3[nH]cnc3[C@@H]2c2cc3c(C(F)F)cccn3n2)o1. The number of H-pyrrole nitrogens is 1. The molecular formula is C22H19F2N9O2. The summed E-state index contributed by atoms with van der Waals surface area (Å²) in [5.74, 6) is -0.524. The number of imidazole rings is 1. The second-order valence-electron chi connectivity index (χ2n) is 8.29. The Morgan fingerprint density at radius 2 is 2.17 bits per heavy atom. The highest BCUT2D eigenvalue weighted by atomic mass is 19.3. The molecule has 0 spiro atoms. The molecule has 0 aliphatic carbocycles. The third-order valence-corrected chi connectivity index (χ3v) is 6.19. The van der Waals surface area contributed by atoms with Crippen molar-refractivity contribution in [2.45, 2.75) is 25.8 Å². The Balaban J connectivity index is 1.42. The number of halogens is 2. The first-order valence-corrected chi connectivity index (χ1v) is 10.8. The predicted octanol–water partition coefficient (Wildman–Crippen LogP) is 2.87. The zero-order valence-electron chi connectivity index (χ0n) is 18.7. The van der Waals surface area contributed by atoms with Crippen molar-refractivity contribution in [3.05, 3.63) is 71.0 Å². The molecule has 0 unspecified atom stereocenters. The molecule has 0 fully saturated rings. The molecule has 11 nitrogen and oxygen atoms in total. The van der Waals surface area contributed by atoms with Gasteiger partial charge >= 0.3 is 11.8 Å². The van der Waals surface area contributed by atoms with Crippen molar-refractivity contribution in [1.82, 2.24) is 44.5 Å². The van der Waals surface area contributed by atoms with E-state index in [2.05, 4.69) is 30.4 Å². The summed E-state index contributed by atoms with van der Waals surface area (Å²) in [6.07, 6.45) is 2.65. The van der Waals surface area contributed by atoms with Crippen LogP contribution in [0.2, 0.25) is 0 Å². The average molecular weight is 479 g/mol. The van der Waals surface area contributed by atoms with E-state index in [1.807, 2.05) is 6.92 Å². The van der Waals surface area contributed by atoms with Gasteiger partial charge < -0.3 is 14.3 Å². The number of hydrogen-bond acceptors (Lipinski definition) is 7. The molecule has 6 rings (SSSR count). The maximum absolute atomic E-state index is 13.6. The lowest BCUT2D eigenvalue weighted by molar-refractivity contribution is 0.0646. The summed E-state index contributed by atoms with van der Waals surface area (Å²) in [6, 6.07) is 3.70. The van der Waals surface area contributed by atoms with Gasteiger partial charge in [-0.2, -0.15) is 10.2 Å². The molecule has 13 heteroatoms. The molecule has 0 aromatic carbocycles. The van der Waals surface area contributed by atoms with Gasteiger partial charge in [0.1, 0.15) is 11.7 Å². The van der Waals surface area contributed by atoms with Crippen molar-refractivity contribution in [2.75, 3.05) is 6.54 Å². The van der Waals surface area contributed by atoms with Gasteiger partial charge in [-0.3, -0.25) is 9.48 Å². The lowest BCUT2D eigenvalue weighted by Crippen LogP contribution is -2.41. The van der Waals surface area contributed by atoms with E-state index in [0.717, 1.165) is 11.3 Å². The average Bonchev–Trinajstić information content (AvgIpc) is 3.63. The number of pyridine rings is 1.